The van der Waals surface area contributed by atoms with E-state index in [0.717, 1.165) is 53.7 Å². The Bertz CT molecular complexity index is 1400. The third-order valence-electron chi connectivity index (χ3n) is 7.16. The Hall–Kier alpha value is -2.84. The summed E-state index contributed by atoms with van der Waals surface area (Å²) in [4.78, 5) is 24.1. The van der Waals surface area contributed by atoms with Gasteiger partial charge in [-0.05, 0) is 38.2 Å². The molecule has 3 N–H and O–H groups in total. The average Bonchev–Trinajstić information content (AvgIpc) is 3.34. The number of fused-ring (bicyclic) bond motifs is 4. The molecule has 2 aliphatic heterocycles. The number of H-pyrrole nitrogens is 1. The van der Waals surface area contributed by atoms with E-state index in [1.54, 1.807) is 9.25 Å². The van der Waals surface area contributed by atoms with Gasteiger partial charge in [-0.15, -0.1) is 0 Å². The minimum absolute atomic E-state index is 0.0726. The van der Waals surface area contributed by atoms with Gasteiger partial charge in [0, 0.05) is 61.1 Å². The van der Waals surface area contributed by atoms with Gasteiger partial charge in [-0.25, -0.2) is 0 Å². The highest BCUT2D eigenvalue weighted by atomic mass is 35.5. The van der Waals surface area contributed by atoms with Crippen molar-refractivity contribution in [2.45, 2.75) is 50.2 Å². The molecule has 0 amide bonds. The number of nitrogens with two attached hydrogens (primary N) is 1. The molecule has 2 bridgehead atoms. The van der Waals surface area contributed by atoms with E-state index in [9.17, 15) is 4.79 Å². The van der Waals surface area contributed by atoms with Gasteiger partial charge in [0.2, 0.25) is 5.95 Å². The normalized spacial score (nSPS) is 23.4. The van der Waals surface area contributed by atoms with Gasteiger partial charge in [0.1, 0.15) is 5.65 Å². The van der Waals surface area contributed by atoms with E-state index in [1.807, 2.05) is 38.6 Å². The molecule has 0 spiro atoms. The highest BCUT2D eigenvalue weighted by Crippen LogP contribution is 2.39. The first-order chi connectivity index (χ1) is 15.4. The van der Waals surface area contributed by atoms with Crippen LogP contribution in [0.1, 0.15) is 32.1 Å². The van der Waals surface area contributed by atoms with Gasteiger partial charge in [-0.1, -0.05) is 17.7 Å². The first-order valence-electron chi connectivity index (χ1n) is 11.2. The molecule has 166 valence electrons. The standard InChI is InChI=1S/C23H26ClN7O/c1-29-11-17-18(28-29)7-6-15(20(17)24)16-10-26-21-19(16)22(32)30(2)23(27-21)31-13-4-3-5-14(31)9-12(25)8-13/h6-7,10-14,26H,3-5,8-9,25H2,1-2H3. The molecule has 5 heterocycles. The summed E-state index contributed by atoms with van der Waals surface area (Å²) < 4.78 is 3.43. The Kier molecular flexibility index (Phi) is 4.39. The molecule has 2 saturated heterocycles. The van der Waals surface area contributed by atoms with Crippen molar-refractivity contribution >= 4 is 39.5 Å². The maximum Gasteiger partial charge on any atom is 0.264 e. The van der Waals surface area contributed by atoms with Gasteiger partial charge in [-0.3, -0.25) is 14.0 Å². The molecule has 0 saturated carbocycles. The van der Waals surface area contributed by atoms with Crippen LogP contribution in [0.2, 0.25) is 5.02 Å². The van der Waals surface area contributed by atoms with Gasteiger partial charge >= 0.3 is 0 Å². The first kappa shape index (κ1) is 19.8. The number of aromatic amines is 1. The Balaban J connectivity index is 1.51. The third-order valence-corrected chi connectivity index (χ3v) is 7.57. The molecule has 6 rings (SSSR count). The van der Waals surface area contributed by atoms with Crippen molar-refractivity contribution in [2.75, 3.05) is 4.90 Å². The second-order valence-corrected chi connectivity index (χ2v) is 9.62. The Morgan fingerprint density at radius 1 is 1.16 bits per heavy atom. The van der Waals surface area contributed by atoms with Crippen LogP contribution in [0.25, 0.3) is 33.1 Å². The first-order valence-corrected chi connectivity index (χ1v) is 11.5. The van der Waals surface area contributed by atoms with E-state index in [0.29, 0.717) is 28.1 Å². The van der Waals surface area contributed by atoms with Gasteiger partial charge < -0.3 is 15.6 Å². The fraction of sp³-hybridized carbons (Fsp3) is 0.435. The van der Waals surface area contributed by atoms with Crippen molar-refractivity contribution in [3.8, 4) is 11.1 Å². The zero-order chi connectivity index (χ0) is 22.1. The molecule has 1 aromatic carbocycles. The quantitative estimate of drug-likeness (QED) is 0.487. The van der Waals surface area contributed by atoms with Gasteiger partial charge in [0.05, 0.1) is 15.9 Å². The summed E-state index contributed by atoms with van der Waals surface area (Å²) in [5.41, 5.74) is 9.21. The Morgan fingerprint density at radius 3 is 2.66 bits per heavy atom. The maximum atomic E-state index is 13.6. The predicted octanol–water partition coefficient (Wildman–Crippen LogP) is 3.32. The number of anilines is 1. The van der Waals surface area contributed by atoms with Crippen LogP contribution in [0.5, 0.6) is 0 Å². The summed E-state index contributed by atoms with van der Waals surface area (Å²) in [6.07, 6.45) is 9.01. The van der Waals surface area contributed by atoms with Crippen LogP contribution < -0.4 is 16.2 Å². The lowest BCUT2D eigenvalue weighted by atomic mass is 9.82. The number of aryl methyl sites for hydroxylation is 1. The summed E-state index contributed by atoms with van der Waals surface area (Å²) in [6, 6.07) is 4.75. The number of hydrogen-bond acceptors (Lipinski definition) is 5. The average molecular weight is 452 g/mol. The molecule has 3 aromatic heterocycles. The van der Waals surface area contributed by atoms with E-state index in [1.165, 1.54) is 6.42 Å². The molecule has 2 aliphatic rings. The second-order valence-electron chi connectivity index (χ2n) is 9.24. The number of hydrogen-bond donors (Lipinski definition) is 2. The van der Waals surface area contributed by atoms with Gasteiger partial charge in [0.15, 0.2) is 0 Å². The topological polar surface area (TPSA) is 97.8 Å². The maximum absolute atomic E-state index is 13.6. The summed E-state index contributed by atoms with van der Waals surface area (Å²) in [5.74, 6) is 0.728. The lowest BCUT2D eigenvalue weighted by molar-refractivity contribution is 0.265. The SMILES string of the molecule is Cn1cc2c(Cl)c(-c3c[nH]c4nc(N5C6CCCC5CC(N)C6)n(C)c(=O)c34)ccc2n1. The Morgan fingerprint density at radius 2 is 1.91 bits per heavy atom. The fourth-order valence-corrected chi connectivity index (χ4v) is 6.04. The number of benzene rings is 1. The van der Waals surface area contributed by atoms with Crippen LogP contribution in [0.3, 0.4) is 0 Å². The van der Waals surface area contributed by atoms with E-state index in [-0.39, 0.29) is 11.6 Å². The lowest BCUT2D eigenvalue weighted by Gasteiger charge is -2.48. The second kappa shape index (κ2) is 7.08. The van der Waals surface area contributed by atoms with Crippen molar-refractivity contribution in [3.63, 3.8) is 0 Å². The molecule has 2 fully saturated rings. The van der Waals surface area contributed by atoms with E-state index >= 15 is 0 Å². The Labute approximate surface area is 190 Å². The van der Waals surface area contributed by atoms with E-state index in [4.69, 9.17) is 22.3 Å². The van der Waals surface area contributed by atoms with E-state index in [2.05, 4.69) is 15.0 Å². The molecule has 2 atom stereocenters. The van der Waals surface area contributed by atoms with Crippen LogP contribution in [0.15, 0.2) is 29.3 Å². The van der Waals surface area contributed by atoms with Crippen LogP contribution in [0.4, 0.5) is 5.95 Å². The number of aromatic nitrogens is 5. The molecular formula is C23H26ClN7O. The van der Waals surface area contributed by atoms with Crippen molar-refractivity contribution < 1.29 is 0 Å². The van der Waals surface area contributed by atoms with Gasteiger partial charge in [0.25, 0.3) is 5.56 Å². The van der Waals surface area contributed by atoms with Crippen LogP contribution >= 0.6 is 11.6 Å². The molecule has 9 heteroatoms. The van der Waals surface area contributed by atoms with Crippen LogP contribution in [-0.2, 0) is 14.1 Å². The molecule has 8 nitrogen and oxygen atoms in total. The smallest absolute Gasteiger partial charge is 0.264 e. The van der Waals surface area contributed by atoms with E-state index < -0.39 is 0 Å². The van der Waals surface area contributed by atoms with Gasteiger partial charge in [-0.2, -0.15) is 10.1 Å². The minimum Gasteiger partial charge on any atom is -0.345 e. The van der Waals surface area contributed by atoms with Crippen molar-refractivity contribution in [1.29, 1.82) is 0 Å². The highest BCUT2D eigenvalue weighted by molar-refractivity contribution is 6.38. The molecular weight excluding hydrogens is 426 g/mol. The number of piperidine rings is 2. The number of nitrogens with one attached hydrogen (secondary N) is 1. The van der Waals surface area contributed by atoms with Crippen molar-refractivity contribution in [3.05, 3.63) is 39.9 Å². The summed E-state index contributed by atoms with van der Waals surface area (Å²) >= 11 is 6.75. The molecule has 0 radical (unpaired) electrons. The lowest BCUT2D eigenvalue weighted by Crippen LogP contribution is -2.57. The van der Waals surface area contributed by atoms with Crippen molar-refractivity contribution in [2.24, 2.45) is 19.8 Å². The number of nitrogens with zero attached hydrogens (tertiary/aromatic N) is 5. The predicted molar refractivity (Wildman–Crippen MR) is 127 cm³/mol. The fourth-order valence-electron chi connectivity index (χ4n) is 5.73. The summed E-state index contributed by atoms with van der Waals surface area (Å²) in [6.45, 7) is 0. The summed E-state index contributed by atoms with van der Waals surface area (Å²) in [7, 11) is 3.68. The third kappa shape index (κ3) is 2.82. The zero-order valence-corrected chi connectivity index (χ0v) is 18.9. The van der Waals surface area contributed by atoms with Crippen LogP contribution in [0, 0.1) is 0 Å². The van der Waals surface area contributed by atoms with Crippen molar-refractivity contribution in [1.82, 2.24) is 24.3 Å². The largest absolute Gasteiger partial charge is 0.345 e. The molecule has 0 aliphatic carbocycles. The molecule has 2 unspecified atom stereocenters. The highest BCUT2D eigenvalue weighted by Gasteiger charge is 2.39. The molecule has 32 heavy (non-hydrogen) atoms. The zero-order valence-electron chi connectivity index (χ0n) is 18.2. The summed E-state index contributed by atoms with van der Waals surface area (Å²) in [5, 5.41) is 6.42. The minimum atomic E-state index is -0.0726. The van der Waals surface area contributed by atoms with Crippen LogP contribution in [-0.4, -0.2) is 42.4 Å². The monoisotopic (exact) mass is 451 g/mol. The number of rotatable bonds is 2. The molecule has 4 aromatic rings. The number of halogens is 1.